The Kier molecular flexibility index (Phi) is 5.30. The molecule has 0 aromatic heterocycles. The summed E-state index contributed by atoms with van der Waals surface area (Å²) in [6.45, 7) is 13.1. The first-order chi connectivity index (χ1) is 7.44. The number of hydrogen-bond donors (Lipinski definition) is 1. The second-order valence-corrected chi connectivity index (χ2v) is 6.75. The molecule has 0 saturated heterocycles. The molecule has 1 heteroatoms. The fourth-order valence-electron chi connectivity index (χ4n) is 2.16. The van der Waals surface area contributed by atoms with Crippen LogP contribution in [0, 0.1) is 17.3 Å². The highest BCUT2D eigenvalue weighted by molar-refractivity contribution is 4.87. The largest absolute Gasteiger partial charge is 0.313 e. The van der Waals surface area contributed by atoms with Crippen LogP contribution in [0.25, 0.3) is 0 Å². The van der Waals surface area contributed by atoms with Crippen LogP contribution >= 0.6 is 0 Å². The standard InChI is InChI=1S/C15H31N/c1-12(2)7-6-10-15(5,13(3)4)11-16-14-8-9-14/h12-14,16H,6-11H2,1-5H3. The van der Waals surface area contributed by atoms with E-state index < -0.39 is 0 Å². The molecule has 1 aliphatic carbocycles. The lowest BCUT2D eigenvalue weighted by Crippen LogP contribution is -2.37. The minimum atomic E-state index is 0.497. The topological polar surface area (TPSA) is 12.0 Å². The lowest BCUT2D eigenvalue weighted by molar-refractivity contribution is 0.182. The Morgan fingerprint density at radius 3 is 2.25 bits per heavy atom. The first kappa shape index (κ1) is 14.0. The van der Waals surface area contributed by atoms with Gasteiger partial charge in [0, 0.05) is 12.6 Å². The number of rotatable bonds is 8. The van der Waals surface area contributed by atoms with Crippen molar-refractivity contribution < 1.29 is 0 Å². The van der Waals surface area contributed by atoms with Gasteiger partial charge in [-0.25, -0.2) is 0 Å². The predicted molar refractivity (Wildman–Crippen MR) is 72.7 cm³/mol. The van der Waals surface area contributed by atoms with Gasteiger partial charge in [-0.3, -0.25) is 0 Å². The molecule has 1 unspecified atom stereocenters. The van der Waals surface area contributed by atoms with Crippen LogP contribution in [-0.2, 0) is 0 Å². The molecule has 0 heterocycles. The number of nitrogens with one attached hydrogen (secondary N) is 1. The molecule has 16 heavy (non-hydrogen) atoms. The molecule has 1 atom stereocenters. The van der Waals surface area contributed by atoms with Gasteiger partial charge < -0.3 is 5.32 Å². The summed E-state index contributed by atoms with van der Waals surface area (Å²) < 4.78 is 0. The van der Waals surface area contributed by atoms with Crippen LogP contribution in [-0.4, -0.2) is 12.6 Å². The highest BCUT2D eigenvalue weighted by Crippen LogP contribution is 2.34. The Morgan fingerprint density at radius 1 is 1.19 bits per heavy atom. The van der Waals surface area contributed by atoms with Crippen molar-refractivity contribution in [3.05, 3.63) is 0 Å². The Labute approximate surface area is 102 Å². The van der Waals surface area contributed by atoms with E-state index in [0.29, 0.717) is 5.41 Å². The van der Waals surface area contributed by atoms with Crippen LogP contribution in [0.15, 0.2) is 0 Å². The van der Waals surface area contributed by atoms with Crippen LogP contribution in [0.3, 0.4) is 0 Å². The summed E-state index contributed by atoms with van der Waals surface area (Å²) in [6.07, 6.45) is 6.95. The number of hydrogen-bond acceptors (Lipinski definition) is 1. The highest BCUT2D eigenvalue weighted by Gasteiger charge is 2.30. The quantitative estimate of drug-likeness (QED) is 0.652. The molecule has 0 amide bonds. The van der Waals surface area contributed by atoms with Gasteiger partial charge in [0.2, 0.25) is 0 Å². The molecular formula is C15H31N. The lowest BCUT2D eigenvalue weighted by Gasteiger charge is -2.34. The Morgan fingerprint density at radius 2 is 1.81 bits per heavy atom. The summed E-state index contributed by atoms with van der Waals surface area (Å²) in [4.78, 5) is 0. The molecule has 1 nitrogen and oxygen atoms in total. The van der Waals surface area contributed by atoms with Crippen LogP contribution in [0.2, 0.25) is 0 Å². The van der Waals surface area contributed by atoms with E-state index in [4.69, 9.17) is 0 Å². The third kappa shape index (κ3) is 4.86. The Balaban J connectivity index is 2.30. The van der Waals surface area contributed by atoms with Crippen molar-refractivity contribution >= 4 is 0 Å². The van der Waals surface area contributed by atoms with Crippen LogP contribution in [0.5, 0.6) is 0 Å². The summed E-state index contributed by atoms with van der Waals surface area (Å²) in [6, 6.07) is 0.850. The smallest absolute Gasteiger partial charge is 0.00684 e. The molecule has 0 aromatic carbocycles. The van der Waals surface area contributed by atoms with Crippen LogP contribution in [0.1, 0.15) is 66.7 Å². The zero-order valence-electron chi connectivity index (χ0n) is 12.0. The summed E-state index contributed by atoms with van der Waals surface area (Å²) in [7, 11) is 0. The van der Waals surface area contributed by atoms with Gasteiger partial charge in [0.25, 0.3) is 0 Å². The first-order valence-corrected chi connectivity index (χ1v) is 7.17. The maximum atomic E-state index is 3.72. The minimum Gasteiger partial charge on any atom is -0.313 e. The van der Waals surface area contributed by atoms with Crippen LogP contribution < -0.4 is 5.32 Å². The molecule has 1 N–H and O–H groups in total. The highest BCUT2D eigenvalue weighted by atomic mass is 15.0. The first-order valence-electron chi connectivity index (χ1n) is 7.17. The van der Waals surface area contributed by atoms with Gasteiger partial charge in [0.1, 0.15) is 0 Å². The van der Waals surface area contributed by atoms with Crippen LogP contribution in [0.4, 0.5) is 0 Å². The van der Waals surface area contributed by atoms with Gasteiger partial charge in [0.15, 0.2) is 0 Å². The summed E-state index contributed by atoms with van der Waals surface area (Å²) >= 11 is 0. The van der Waals surface area contributed by atoms with Crippen molar-refractivity contribution in [3.8, 4) is 0 Å². The summed E-state index contributed by atoms with van der Waals surface area (Å²) in [5, 5.41) is 3.72. The van der Waals surface area contributed by atoms with Crippen molar-refractivity contribution in [1.29, 1.82) is 0 Å². The molecule has 1 fully saturated rings. The van der Waals surface area contributed by atoms with E-state index >= 15 is 0 Å². The van der Waals surface area contributed by atoms with E-state index in [2.05, 4.69) is 39.9 Å². The van der Waals surface area contributed by atoms with E-state index in [-0.39, 0.29) is 0 Å². The molecule has 0 bridgehead atoms. The second-order valence-electron chi connectivity index (χ2n) is 6.75. The van der Waals surface area contributed by atoms with Crippen molar-refractivity contribution in [2.24, 2.45) is 17.3 Å². The fourth-order valence-corrected chi connectivity index (χ4v) is 2.16. The second kappa shape index (κ2) is 6.05. The molecule has 0 aliphatic heterocycles. The van der Waals surface area contributed by atoms with Crippen molar-refractivity contribution in [2.75, 3.05) is 6.54 Å². The molecule has 1 saturated carbocycles. The zero-order chi connectivity index (χ0) is 12.2. The van der Waals surface area contributed by atoms with E-state index in [9.17, 15) is 0 Å². The molecule has 1 rings (SSSR count). The van der Waals surface area contributed by atoms with E-state index in [1.165, 1.54) is 38.6 Å². The average molecular weight is 225 g/mol. The zero-order valence-corrected chi connectivity index (χ0v) is 12.0. The average Bonchev–Trinajstić information content (AvgIpc) is 2.97. The van der Waals surface area contributed by atoms with Gasteiger partial charge in [-0.05, 0) is 36.5 Å². The Hall–Kier alpha value is -0.0400. The van der Waals surface area contributed by atoms with Gasteiger partial charge in [-0.1, -0.05) is 47.5 Å². The van der Waals surface area contributed by atoms with Gasteiger partial charge in [-0.2, -0.15) is 0 Å². The van der Waals surface area contributed by atoms with Gasteiger partial charge >= 0.3 is 0 Å². The van der Waals surface area contributed by atoms with Crippen molar-refractivity contribution in [1.82, 2.24) is 5.32 Å². The summed E-state index contributed by atoms with van der Waals surface area (Å²) in [5.41, 5.74) is 0.497. The molecule has 1 aliphatic rings. The fraction of sp³-hybridized carbons (Fsp3) is 1.00. The van der Waals surface area contributed by atoms with Crippen molar-refractivity contribution in [2.45, 2.75) is 72.8 Å². The third-order valence-electron chi connectivity index (χ3n) is 4.30. The molecular weight excluding hydrogens is 194 g/mol. The Bertz CT molecular complexity index is 194. The maximum Gasteiger partial charge on any atom is 0.00684 e. The third-order valence-corrected chi connectivity index (χ3v) is 4.30. The van der Waals surface area contributed by atoms with E-state index in [0.717, 1.165) is 17.9 Å². The van der Waals surface area contributed by atoms with Gasteiger partial charge in [-0.15, -0.1) is 0 Å². The SMILES string of the molecule is CC(C)CCCC(C)(CNC1CC1)C(C)C. The minimum absolute atomic E-state index is 0.497. The predicted octanol–water partition coefficient (Wildman–Crippen LogP) is 4.23. The molecule has 96 valence electrons. The molecule has 0 aromatic rings. The van der Waals surface area contributed by atoms with E-state index in [1.807, 2.05) is 0 Å². The van der Waals surface area contributed by atoms with Crippen molar-refractivity contribution in [3.63, 3.8) is 0 Å². The molecule has 0 spiro atoms. The summed E-state index contributed by atoms with van der Waals surface area (Å²) in [5.74, 6) is 1.64. The normalized spacial score (nSPS) is 20.4. The molecule has 0 radical (unpaired) electrons. The van der Waals surface area contributed by atoms with E-state index in [1.54, 1.807) is 0 Å². The maximum absolute atomic E-state index is 3.72. The monoisotopic (exact) mass is 225 g/mol. The lowest BCUT2D eigenvalue weighted by atomic mass is 9.74. The van der Waals surface area contributed by atoms with Gasteiger partial charge in [0.05, 0.1) is 0 Å².